The Hall–Kier alpha value is -3.85. The largest absolute Gasteiger partial charge is 0.454 e. The number of benzene rings is 2. The molecule has 0 saturated carbocycles. The molecule has 5 rings (SSSR count). The number of imide groups is 1. The van der Waals surface area contributed by atoms with E-state index in [0.29, 0.717) is 36.6 Å². The summed E-state index contributed by atoms with van der Waals surface area (Å²) in [5, 5.41) is 4.72. The van der Waals surface area contributed by atoms with Gasteiger partial charge in [0.15, 0.2) is 11.5 Å². The van der Waals surface area contributed by atoms with Crippen LogP contribution in [-0.4, -0.2) is 47.5 Å². The molecule has 2 aliphatic heterocycles. The molecule has 1 saturated heterocycles. The van der Waals surface area contributed by atoms with Gasteiger partial charge in [-0.15, -0.1) is 11.3 Å². The zero-order chi connectivity index (χ0) is 24.4. The Morgan fingerprint density at radius 3 is 2.66 bits per heavy atom. The topological polar surface area (TPSA) is 88.2 Å². The predicted octanol–water partition coefficient (Wildman–Crippen LogP) is 3.52. The Morgan fingerprint density at radius 2 is 1.89 bits per heavy atom. The van der Waals surface area contributed by atoms with Gasteiger partial charge in [0.25, 0.3) is 5.91 Å². The minimum Gasteiger partial charge on any atom is -0.454 e. The highest BCUT2D eigenvalue weighted by atomic mass is 32.1. The quantitative estimate of drug-likeness (QED) is 0.487. The maximum atomic E-state index is 13.4. The third kappa shape index (κ3) is 4.59. The second-order valence-electron chi connectivity index (χ2n) is 8.64. The van der Waals surface area contributed by atoms with E-state index in [0.717, 1.165) is 15.3 Å². The fourth-order valence-corrected chi connectivity index (χ4v) is 4.99. The molecule has 0 bridgehead atoms. The maximum Gasteiger partial charge on any atom is 0.325 e. The van der Waals surface area contributed by atoms with Crippen molar-refractivity contribution in [1.29, 1.82) is 0 Å². The van der Waals surface area contributed by atoms with E-state index in [2.05, 4.69) is 5.32 Å². The SMILES string of the molecule is C[C@@]1(c2ccc3c(c2)OCO3)NC(=O)N(CC(=O)N(CCc2ccccc2)Cc2cccs2)C1=O. The molecule has 2 aliphatic rings. The standard InChI is InChI=1S/C26H25N3O5S/c1-26(19-9-10-21-22(14-19)34-17-33-21)24(31)29(25(32)27-26)16-23(30)28(15-20-8-5-13-35-20)12-11-18-6-3-2-4-7-18/h2-10,13-14H,11-12,15-17H2,1H3,(H,27,32)/t26-/m0/s1. The Morgan fingerprint density at radius 1 is 1.09 bits per heavy atom. The lowest BCUT2D eigenvalue weighted by Gasteiger charge is -2.25. The number of fused-ring (bicyclic) bond motifs is 1. The summed E-state index contributed by atoms with van der Waals surface area (Å²) in [5.74, 6) is 0.341. The summed E-state index contributed by atoms with van der Waals surface area (Å²) in [5.41, 5.74) is 0.373. The average Bonchev–Trinajstić information content (AvgIpc) is 3.60. The molecule has 1 aromatic heterocycles. The number of urea groups is 1. The second kappa shape index (κ2) is 9.42. The number of ether oxygens (including phenoxy) is 2. The summed E-state index contributed by atoms with van der Waals surface area (Å²) >= 11 is 1.57. The fourth-order valence-electron chi connectivity index (χ4n) is 4.27. The molecule has 0 radical (unpaired) electrons. The smallest absolute Gasteiger partial charge is 0.325 e. The van der Waals surface area contributed by atoms with Crippen LogP contribution < -0.4 is 14.8 Å². The van der Waals surface area contributed by atoms with Crippen LogP contribution in [0.4, 0.5) is 4.79 Å². The molecule has 2 aromatic carbocycles. The van der Waals surface area contributed by atoms with Crippen LogP contribution in [0.5, 0.6) is 11.5 Å². The minimum atomic E-state index is -1.30. The number of amides is 4. The van der Waals surface area contributed by atoms with Crippen LogP contribution in [0.1, 0.15) is 22.9 Å². The number of thiophene rings is 1. The number of carbonyl (C=O) groups is 3. The van der Waals surface area contributed by atoms with E-state index in [9.17, 15) is 14.4 Å². The highest BCUT2D eigenvalue weighted by molar-refractivity contribution is 7.09. The summed E-state index contributed by atoms with van der Waals surface area (Å²) in [6, 6.07) is 18.3. The molecular weight excluding hydrogens is 466 g/mol. The van der Waals surface area contributed by atoms with Crippen molar-refractivity contribution in [3.05, 3.63) is 82.0 Å². The van der Waals surface area contributed by atoms with Crippen LogP contribution >= 0.6 is 11.3 Å². The monoisotopic (exact) mass is 491 g/mol. The Balaban J connectivity index is 1.32. The summed E-state index contributed by atoms with van der Waals surface area (Å²) in [7, 11) is 0. The third-order valence-electron chi connectivity index (χ3n) is 6.31. The Labute approximate surface area is 207 Å². The highest BCUT2D eigenvalue weighted by Gasteiger charge is 2.50. The van der Waals surface area contributed by atoms with E-state index >= 15 is 0 Å². The van der Waals surface area contributed by atoms with Gasteiger partial charge in [-0.05, 0) is 48.1 Å². The van der Waals surface area contributed by atoms with Crippen LogP contribution in [0.3, 0.4) is 0 Å². The molecule has 35 heavy (non-hydrogen) atoms. The number of hydrogen-bond acceptors (Lipinski definition) is 6. The van der Waals surface area contributed by atoms with Gasteiger partial charge in [-0.25, -0.2) is 4.79 Å². The van der Waals surface area contributed by atoms with Crippen LogP contribution in [0.2, 0.25) is 0 Å². The summed E-state index contributed by atoms with van der Waals surface area (Å²) < 4.78 is 10.8. The zero-order valence-corrected chi connectivity index (χ0v) is 20.0. The van der Waals surface area contributed by atoms with Crippen LogP contribution in [0, 0.1) is 0 Å². The molecule has 180 valence electrons. The van der Waals surface area contributed by atoms with Gasteiger partial charge < -0.3 is 19.7 Å². The van der Waals surface area contributed by atoms with Gasteiger partial charge in [0.1, 0.15) is 12.1 Å². The molecular formula is C26H25N3O5S. The molecule has 0 aliphatic carbocycles. The number of hydrogen-bond donors (Lipinski definition) is 1. The number of nitrogens with one attached hydrogen (secondary N) is 1. The van der Waals surface area contributed by atoms with Gasteiger partial charge in [-0.3, -0.25) is 14.5 Å². The number of rotatable bonds is 8. The lowest BCUT2D eigenvalue weighted by Crippen LogP contribution is -2.44. The van der Waals surface area contributed by atoms with Crippen molar-refractivity contribution in [3.63, 3.8) is 0 Å². The molecule has 3 heterocycles. The lowest BCUT2D eigenvalue weighted by atomic mass is 9.91. The van der Waals surface area contributed by atoms with Crippen LogP contribution in [0.15, 0.2) is 66.0 Å². The highest BCUT2D eigenvalue weighted by Crippen LogP contribution is 2.37. The molecule has 1 atom stereocenters. The van der Waals surface area contributed by atoms with E-state index < -0.39 is 17.5 Å². The van der Waals surface area contributed by atoms with Gasteiger partial charge in [0.05, 0.1) is 6.54 Å². The molecule has 3 aromatic rings. The summed E-state index contributed by atoms with van der Waals surface area (Å²) in [4.78, 5) is 43.3. The molecule has 4 amide bonds. The molecule has 8 nitrogen and oxygen atoms in total. The van der Waals surface area contributed by atoms with E-state index in [1.165, 1.54) is 0 Å². The van der Waals surface area contributed by atoms with E-state index in [-0.39, 0.29) is 19.2 Å². The summed E-state index contributed by atoms with van der Waals surface area (Å²) in [6.45, 7) is 2.31. The van der Waals surface area contributed by atoms with Gasteiger partial charge in [0.2, 0.25) is 12.7 Å². The Kier molecular flexibility index (Phi) is 6.17. The van der Waals surface area contributed by atoms with E-state index in [1.54, 1.807) is 41.4 Å². The predicted molar refractivity (Wildman–Crippen MR) is 130 cm³/mol. The van der Waals surface area contributed by atoms with Crippen molar-refractivity contribution >= 4 is 29.2 Å². The van der Waals surface area contributed by atoms with Crippen LogP contribution in [0.25, 0.3) is 0 Å². The molecule has 9 heteroatoms. The first-order valence-corrected chi connectivity index (χ1v) is 12.2. The van der Waals surface area contributed by atoms with Gasteiger partial charge in [-0.2, -0.15) is 0 Å². The normalized spacial score (nSPS) is 18.6. The Bertz CT molecular complexity index is 1250. The fraction of sp³-hybridized carbons (Fsp3) is 0.269. The first-order chi connectivity index (χ1) is 16.9. The van der Waals surface area contributed by atoms with Crippen molar-refractivity contribution in [3.8, 4) is 11.5 Å². The van der Waals surface area contributed by atoms with Gasteiger partial charge in [0, 0.05) is 11.4 Å². The van der Waals surface area contributed by atoms with Gasteiger partial charge in [-0.1, -0.05) is 42.5 Å². The summed E-state index contributed by atoms with van der Waals surface area (Å²) in [6.07, 6.45) is 0.674. The zero-order valence-electron chi connectivity index (χ0n) is 19.2. The number of nitrogens with zero attached hydrogens (tertiary/aromatic N) is 2. The first kappa shape index (κ1) is 22.9. The van der Waals surface area contributed by atoms with Crippen LogP contribution in [-0.2, 0) is 28.1 Å². The molecule has 1 fully saturated rings. The average molecular weight is 492 g/mol. The lowest BCUT2D eigenvalue weighted by molar-refractivity contribution is -0.139. The minimum absolute atomic E-state index is 0.111. The molecule has 1 N–H and O–H groups in total. The van der Waals surface area contributed by atoms with E-state index in [4.69, 9.17) is 9.47 Å². The second-order valence-corrected chi connectivity index (χ2v) is 9.68. The van der Waals surface area contributed by atoms with Crippen molar-refractivity contribution in [2.45, 2.75) is 25.4 Å². The van der Waals surface area contributed by atoms with Crippen molar-refractivity contribution in [1.82, 2.24) is 15.1 Å². The van der Waals surface area contributed by atoms with E-state index in [1.807, 2.05) is 47.8 Å². The van der Waals surface area contributed by atoms with Gasteiger partial charge >= 0.3 is 6.03 Å². The number of carbonyl (C=O) groups excluding carboxylic acids is 3. The molecule has 0 unspecified atom stereocenters. The molecule has 0 spiro atoms. The maximum absolute atomic E-state index is 13.4. The van der Waals surface area contributed by atoms with Crippen molar-refractivity contribution in [2.75, 3.05) is 19.9 Å². The van der Waals surface area contributed by atoms with Crippen molar-refractivity contribution < 1.29 is 23.9 Å². The first-order valence-electron chi connectivity index (χ1n) is 11.3. The van der Waals surface area contributed by atoms with Crippen molar-refractivity contribution in [2.24, 2.45) is 0 Å². The third-order valence-corrected chi connectivity index (χ3v) is 7.17.